The van der Waals surface area contributed by atoms with Crippen molar-refractivity contribution in [3.63, 3.8) is 0 Å². The summed E-state index contributed by atoms with van der Waals surface area (Å²) in [7, 11) is 0. The Labute approximate surface area is 63.9 Å². The van der Waals surface area contributed by atoms with Crippen molar-refractivity contribution in [2.45, 2.75) is 12.8 Å². The number of nitrogens with zero attached hydrogens (tertiary/aromatic N) is 2. The fourth-order valence-electron chi connectivity index (χ4n) is 0.661. The quantitative estimate of drug-likeness (QED) is 0.676. The summed E-state index contributed by atoms with van der Waals surface area (Å²) < 4.78 is 0. The van der Waals surface area contributed by atoms with Gasteiger partial charge < -0.3 is 5.11 Å². The zero-order chi connectivity index (χ0) is 8.27. The summed E-state index contributed by atoms with van der Waals surface area (Å²) in [5.41, 5.74) is 0.486. The highest BCUT2D eigenvalue weighted by atomic mass is 16.4. The predicted octanol–water partition coefficient (Wildman–Crippen LogP) is 0.665. The highest BCUT2D eigenvalue weighted by Crippen LogP contribution is 2.09. The topological polar surface area (TPSA) is 63.1 Å². The molecule has 0 unspecified atom stereocenters. The van der Waals surface area contributed by atoms with Gasteiger partial charge in [0.15, 0.2) is 0 Å². The van der Waals surface area contributed by atoms with Gasteiger partial charge in [0.1, 0.15) is 0 Å². The summed E-state index contributed by atoms with van der Waals surface area (Å²) in [6, 6.07) is 0. The molecule has 0 aliphatic rings. The zero-order valence-corrected chi connectivity index (χ0v) is 6.06. The van der Waals surface area contributed by atoms with Crippen molar-refractivity contribution in [3.8, 4) is 0 Å². The van der Waals surface area contributed by atoms with Crippen LogP contribution in [0.2, 0.25) is 0 Å². The zero-order valence-electron chi connectivity index (χ0n) is 6.06. The molecule has 0 amide bonds. The van der Waals surface area contributed by atoms with Gasteiger partial charge >= 0.3 is 5.97 Å². The van der Waals surface area contributed by atoms with E-state index in [1.807, 2.05) is 0 Å². The van der Waals surface area contributed by atoms with E-state index in [4.69, 9.17) is 5.11 Å². The largest absolute Gasteiger partial charge is 0.481 e. The number of hydrogen-bond acceptors (Lipinski definition) is 3. The van der Waals surface area contributed by atoms with Crippen LogP contribution in [0.15, 0.2) is 18.6 Å². The van der Waals surface area contributed by atoms with Gasteiger partial charge in [-0.25, -0.2) is 0 Å². The number of aliphatic carboxylic acids is 1. The summed E-state index contributed by atoms with van der Waals surface area (Å²) in [5, 5.41) is 8.57. The molecule has 58 valence electrons. The summed E-state index contributed by atoms with van der Waals surface area (Å²) in [6.07, 6.45) is 4.45. The maximum Gasteiger partial charge on any atom is 0.312 e. The molecule has 1 aromatic rings. The Morgan fingerprint density at radius 3 is 2.82 bits per heavy atom. The molecule has 0 aliphatic heterocycles. The average molecular weight is 152 g/mol. The summed E-state index contributed by atoms with van der Waals surface area (Å²) in [4.78, 5) is 18.1. The molecular weight excluding hydrogens is 144 g/mol. The van der Waals surface area contributed by atoms with Crippen molar-refractivity contribution in [2.75, 3.05) is 0 Å². The van der Waals surface area contributed by atoms with Crippen LogP contribution in [-0.4, -0.2) is 21.0 Å². The highest BCUT2D eigenvalue weighted by Gasteiger charge is 2.14. The molecule has 4 heteroatoms. The molecule has 11 heavy (non-hydrogen) atoms. The van der Waals surface area contributed by atoms with Gasteiger partial charge in [-0.2, -0.15) is 0 Å². The first-order valence-corrected chi connectivity index (χ1v) is 3.20. The van der Waals surface area contributed by atoms with E-state index in [0.717, 1.165) is 0 Å². The molecule has 0 radical (unpaired) electrons. The Kier molecular flexibility index (Phi) is 2.15. The third kappa shape index (κ3) is 1.73. The van der Waals surface area contributed by atoms with Gasteiger partial charge in [-0.15, -0.1) is 0 Å². The lowest BCUT2D eigenvalue weighted by molar-refractivity contribution is -0.138. The molecule has 1 aromatic heterocycles. The van der Waals surface area contributed by atoms with Gasteiger partial charge in [-0.05, 0) is 6.92 Å². The van der Waals surface area contributed by atoms with Gasteiger partial charge in [0, 0.05) is 18.6 Å². The first-order valence-electron chi connectivity index (χ1n) is 3.20. The van der Waals surface area contributed by atoms with Crippen LogP contribution >= 0.6 is 0 Å². The molecule has 0 saturated carbocycles. The second-order valence-electron chi connectivity index (χ2n) is 2.19. The van der Waals surface area contributed by atoms with Gasteiger partial charge in [0.2, 0.25) is 0 Å². The minimum absolute atomic E-state index is 0.486. The Balaban J connectivity index is 2.85. The van der Waals surface area contributed by atoms with E-state index in [1.165, 1.54) is 18.6 Å². The summed E-state index contributed by atoms with van der Waals surface area (Å²) in [5.74, 6) is -1.46. The second kappa shape index (κ2) is 3.09. The molecule has 0 spiro atoms. The van der Waals surface area contributed by atoms with Crippen molar-refractivity contribution in [3.05, 3.63) is 24.3 Å². The minimum Gasteiger partial charge on any atom is -0.481 e. The third-order valence-electron chi connectivity index (χ3n) is 1.40. The first kappa shape index (κ1) is 7.65. The van der Waals surface area contributed by atoms with E-state index in [2.05, 4.69) is 9.97 Å². The van der Waals surface area contributed by atoms with E-state index in [1.54, 1.807) is 6.92 Å². The summed E-state index contributed by atoms with van der Waals surface area (Å²) in [6.45, 7) is 1.58. The van der Waals surface area contributed by atoms with Gasteiger partial charge in [0.05, 0.1) is 11.6 Å². The van der Waals surface area contributed by atoms with Gasteiger partial charge in [-0.1, -0.05) is 0 Å². The van der Waals surface area contributed by atoms with Crippen LogP contribution in [-0.2, 0) is 4.79 Å². The SMILES string of the molecule is C[C@H](C(=O)O)c1cnccn1. The van der Waals surface area contributed by atoms with Crippen LogP contribution in [0.5, 0.6) is 0 Å². The van der Waals surface area contributed by atoms with Crippen molar-refractivity contribution in [2.24, 2.45) is 0 Å². The number of carbonyl (C=O) groups is 1. The van der Waals surface area contributed by atoms with Crippen molar-refractivity contribution >= 4 is 5.97 Å². The second-order valence-corrected chi connectivity index (χ2v) is 2.19. The van der Waals surface area contributed by atoms with E-state index in [-0.39, 0.29) is 0 Å². The Morgan fingerprint density at radius 1 is 1.64 bits per heavy atom. The van der Waals surface area contributed by atoms with Crippen molar-refractivity contribution in [1.29, 1.82) is 0 Å². The lowest BCUT2D eigenvalue weighted by atomic mass is 10.1. The number of rotatable bonds is 2. The normalized spacial score (nSPS) is 12.5. The molecule has 0 aliphatic carbocycles. The minimum atomic E-state index is -0.884. The van der Waals surface area contributed by atoms with E-state index < -0.39 is 11.9 Å². The Hall–Kier alpha value is -1.45. The third-order valence-corrected chi connectivity index (χ3v) is 1.40. The number of carboxylic acids is 1. The molecule has 1 rings (SSSR count). The predicted molar refractivity (Wildman–Crippen MR) is 38.1 cm³/mol. The van der Waals surface area contributed by atoms with Crippen LogP contribution in [0.4, 0.5) is 0 Å². The first-order chi connectivity index (χ1) is 5.22. The van der Waals surface area contributed by atoms with Crippen LogP contribution in [0, 0.1) is 0 Å². The van der Waals surface area contributed by atoms with Crippen molar-refractivity contribution in [1.82, 2.24) is 9.97 Å². The van der Waals surface area contributed by atoms with Crippen LogP contribution in [0.1, 0.15) is 18.5 Å². The molecular formula is C7H8N2O2. The molecule has 4 nitrogen and oxygen atoms in total. The lowest BCUT2D eigenvalue weighted by Gasteiger charge is -2.02. The Bertz CT molecular complexity index is 248. The standard InChI is InChI=1S/C7H8N2O2/c1-5(7(10)11)6-4-8-2-3-9-6/h2-5H,1H3,(H,10,11)/t5-/m0/s1. The number of carboxylic acid groups (broad SMARTS) is 1. The van der Waals surface area contributed by atoms with Gasteiger partial charge in [-0.3, -0.25) is 14.8 Å². The van der Waals surface area contributed by atoms with Crippen molar-refractivity contribution < 1.29 is 9.90 Å². The van der Waals surface area contributed by atoms with E-state index in [9.17, 15) is 4.79 Å². The number of hydrogen-bond donors (Lipinski definition) is 1. The molecule has 0 saturated heterocycles. The molecule has 0 aromatic carbocycles. The monoisotopic (exact) mass is 152 g/mol. The highest BCUT2D eigenvalue weighted by molar-refractivity contribution is 5.74. The van der Waals surface area contributed by atoms with Crippen LogP contribution < -0.4 is 0 Å². The fourth-order valence-corrected chi connectivity index (χ4v) is 0.661. The maximum absolute atomic E-state index is 10.4. The molecule has 1 heterocycles. The van der Waals surface area contributed by atoms with Crippen LogP contribution in [0.25, 0.3) is 0 Å². The number of aromatic nitrogens is 2. The smallest absolute Gasteiger partial charge is 0.312 e. The molecule has 0 fully saturated rings. The maximum atomic E-state index is 10.4. The fraction of sp³-hybridized carbons (Fsp3) is 0.286. The Morgan fingerprint density at radius 2 is 2.36 bits per heavy atom. The van der Waals surface area contributed by atoms with E-state index in [0.29, 0.717) is 5.69 Å². The molecule has 1 N–H and O–H groups in total. The molecule has 1 atom stereocenters. The van der Waals surface area contributed by atoms with E-state index >= 15 is 0 Å². The van der Waals surface area contributed by atoms with Crippen LogP contribution in [0.3, 0.4) is 0 Å². The molecule has 0 bridgehead atoms. The average Bonchev–Trinajstić information content (AvgIpc) is 2.05. The lowest BCUT2D eigenvalue weighted by Crippen LogP contribution is -2.09. The summed E-state index contributed by atoms with van der Waals surface area (Å²) >= 11 is 0. The van der Waals surface area contributed by atoms with Gasteiger partial charge in [0.25, 0.3) is 0 Å².